The van der Waals surface area contributed by atoms with Crippen molar-refractivity contribution in [3.05, 3.63) is 17.0 Å². The molecule has 2 rings (SSSR count). The van der Waals surface area contributed by atoms with Crippen LogP contribution in [0, 0.1) is 12.8 Å². The molecule has 0 bridgehead atoms. The number of hydrogen-bond acceptors (Lipinski definition) is 3. The normalized spacial score (nSPS) is 22.3. The molecular weight excluding hydrogens is 270 g/mol. The summed E-state index contributed by atoms with van der Waals surface area (Å²) in [5.74, 6) is -0.922. The Morgan fingerprint density at radius 1 is 1.29 bits per heavy atom. The van der Waals surface area contributed by atoms with E-state index in [1.54, 1.807) is 0 Å². The molecule has 116 valence electrons. The van der Waals surface area contributed by atoms with Crippen LogP contribution < -0.4 is 5.32 Å². The Hall–Kier alpha value is -1.85. The maximum absolute atomic E-state index is 12.4. The second-order valence-electron chi connectivity index (χ2n) is 6.12. The number of carbonyl (C=O) groups is 2. The van der Waals surface area contributed by atoms with Crippen molar-refractivity contribution >= 4 is 11.9 Å². The number of hydrogen-bond donors (Lipinski definition) is 3. The van der Waals surface area contributed by atoms with Crippen molar-refractivity contribution in [3.63, 3.8) is 0 Å². The van der Waals surface area contributed by atoms with Crippen LogP contribution in [0.2, 0.25) is 0 Å². The third-order valence-electron chi connectivity index (χ3n) is 4.16. The van der Waals surface area contributed by atoms with E-state index >= 15 is 0 Å². The lowest BCUT2D eigenvalue weighted by Crippen LogP contribution is -2.39. The van der Waals surface area contributed by atoms with Crippen molar-refractivity contribution in [2.24, 2.45) is 5.92 Å². The van der Waals surface area contributed by atoms with Gasteiger partial charge in [-0.15, -0.1) is 0 Å². The fraction of sp³-hybridized carbons (Fsp3) is 0.667. The van der Waals surface area contributed by atoms with Crippen LogP contribution in [0.3, 0.4) is 0 Å². The number of rotatable bonds is 4. The minimum Gasteiger partial charge on any atom is -0.481 e. The Kier molecular flexibility index (Phi) is 4.65. The second-order valence-corrected chi connectivity index (χ2v) is 6.12. The van der Waals surface area contributed by atoms with Crippen LogP contribution in [-0.4, -0.2) is 33.2 Å². The largest absolute Gasteiger partial charge is 0.481 e. The minimum absolute atomic E-state index is 0.0578. The monoisotopic (exact) mass is 293 g/mol. The summed E-state index contributed by atoms with van der Waals surface area (Å²) in [6.07, 6.45) is 2.69. The van der Waals surface area contributed by atoms with Crippen molar-refractivity contribution in [1.82, 2.24) is 15.5 Å². The summed E-state index contributed by atoms with van der Waals surface area (Å²) in [4.78, 5) is 23.4. The number of aryl methyl sites for hydroxylation is 1. The molecule has 0 atom stereocenters. The lowest BCUT2D eigenvalue weighted by Gasteiger charge is -2.27. The van der Waals surface area contributed by atoms with Crippen LogP contribution in [0.4, 0.5) is 0 Å². The molecule has 1 aromatic rings. The van der Waals surface area contributed by atoms with Crippen molar-refractivity contribution in [2.75, 3.05) is 0 Å². The fourth-order valence-electron chi connectivity index (χ4n) is 2.89. The third kappa shape index (κ3) is 3.43. The lowest BCUT2D eigenvalue weighted by molar-refractivity contribution is -0.142. The summed E-state index contributed by atoms with van der Waals surface area (Å²) in [6.45, 7) is 5.85. The Morgan fingerprint density at radius 3 is 2.43 bits per heavy atom. The van der Waals surface area contributed by atoms with E-state index in [9.17, 15) is 9.59 Å². The van der Waals surface area contributed by atoms with Gasteiger partial charge in [-0.1, -0.05) is 13.8 Å². The molecule has 0 aromatic carbocycles. The van der Waals surface area contributed by atoms with E-state index in [1.807, 2.05) is 20.8 Å². The topological polar surface area (TPSA) is 95.1 Å². The second kappa shape index (κ2) is 6.28. The molecule has 3 N–H and O–H groups in total. The highest BCUT2D eigenvalue weighted by molar-refractivity contribution is 5.96. The van der Waals surface area contributed by atoms with E-state index in [0.29, 0.717) is 18.4 Å². The Bertz CT molecular complexity index is 528. The van der Waals surface area contributed by atoms with E-state index in [4.69, 9.17) is 5.11 Å². The van der Waals surface area contributed by atoms with Crippen molar-refractivity contribution in [3.8, 4) is 0 Å². The van der Waals surface area contributed by atoms with Gasteiger partial charge in [0.1, 0.15) is 0 Å². The van der Waals surface area contributed by atoms with Gasteiger partial charge in [-0.05, 0) is 38.5 Å². The summed E-state index contributed by atoms with van der Waals surface area (Å²) in [5, 5.41) is 19.1. The van der Waals surface area contributed by atoms with Crippen molar-refractivity contribution in [1.29, 1.82) is 0 Å². The molecule has 0 aliphatic heterocycles. The molecule has 6 heteroatoms. The number of carboxylic acid groups (broad SMARTS) is 1. The quantitative estimate of drug-likeness (QED) is 0.793. The maximum Gasteiger partial charge on any atom is 0.306 e. The molecule has 1 fully saturated rings. The highest BCUT2D eigenvalue weighted by Gasteiger charge is 2.28. The average Bonchev–Trinajstić information content (AvgIpc) is 2.81. The molecule has 1 saturated carbocycles. The van der Waals surface area contributed by atoms with Crippen molar-refractivity contribution in [2.45, 2.75) is 58.4 Å². The molecule has 1 heterocycles. The van der Waals surface area contributed by atoms with Crippen LogP contribution in [0.5, 0.6) is 0 Å². The average molecular weight is 293 g/mol. The first-order chi connectivity index (χ1) is 9.90. The van der Waals surface area contributed by atoms with E-state index in [0.717, 1.165) is 24.2 Å². The first-order valence-electron chi connectivity index (χ1n) is 7.48. The fourth-order valence-corrected chi connectivity index (χ4v) is 2.89. The van der Waals surface area contributed by atoms with E-state index in [1.165, 1.54) is 0 Å². The van der Waals surface area contributed by atoms with Crippen molar-refractivity contribution < 1.29 is 14.7 Å². The van der Waals surface area contributed by atoms with Gasteiger partial charge in [-0.25, -0.2) is 0 Å². The summed E-state index contributed by atoms with van der Waals surface area (Å²) >= 11 is 0. The first-order valence-corrected chi connectivity index (χ1v) is 7.48. The van der Waals surface area contributed by atoms with Crippen LogP contribution in [0.25, 0.3) is 0 Å². The molecule has 0 unspecified atom stereocenters. The summed E-state index contributed by atoms with van der Waals surface area (Å²) in [5.41, 5.74) is 2.19. The highest BCUT2D eigenvalue weighted by atomic mass is 16.4. The number of aromatic amines is 1. The van der Waals surface area contributed by atoms with Gasteiger partial charge in [-0.3, -0.25) is 14.7 Å². The SMILES string of the molecule is Cc1[nH]nc(C(C)C)c1C(=O)NC1CCC(C(=O)O)CC1. The minimum atomic E-state index is -0.729. The zero-order chi connectivity index (χ0) is 15.6. The van der Waals surface area contributed by atoms with Crippen LogP contribution >= 0.6 is 0 Å². The lowest BCUT2D eigenvalue weighted by atomic mass is 9.86. The van der Waals surface area contributed by atoms with Crippen LogP contribution in [0.15, 0.2) is 0 Å². The predicted octanol–water partition coefficient (Wildman–Crippen LogP) is 2.21. The molecule has 0 radical (unpaired) electrons. The Labute approximate surface area is 124 Å². The molecular formula is C15H23N3O3. The van der Waals surface area contributed by atoms with E-state index < -0.39 is 5.97 Å². The summed E-state index contributed by atoms with van der Waals surface area (Å²) in [6, 6.07) is 0.0578. The number of aliphatic carboxylic acids is 1. The molecule has 1 aliphatic rings. The Morgan fingerprint density at radius 2 is 1.90 bits per heavy atom. The standard InChI is InChI=1S/C15H23N3O3/c1-8(2)13-12(9(3)17-18-13)14(19)16-11-6-4-10(5-7-11)15(20)21/h8,10-11H,4-7H2,1-3H3,(H,16,19)(H,17,18)(H,20,21). The van der Waals surface area contributed by atoms with Crippen LogP contribution in [0.1, 0.15) is 67.2 Å². The number of nitrogens with one attached hydrogen (secondary N) is 2. The molecule has 1 aliphatic carbocycles. The number of carbonyl (C=O) groups excluding carboxylic acids is 1. The number of carboxylic acids is 1. The third-order valence-corrected chi connectivity index (χ3v) is 4.16. The van der Waals surface area contributed by atoms with Gasteiger partial charge in [-0.2, -0.15) is 5.10 Å². The molecule has 0 spiro atoms. The van der Waals surface area contributed by atoms with Gasteiger partial charge in [0.15, 0.2) is 0 Å². The van der Waals surface area contributed by atoms with E-state index in [-0.39, 0.29) is 23.8 Å². The maximum atomic E-state index is 12.4. The first kappa shape index (κ1) is 15.5. The number of H-pyrrole nitrogens is 1. The zero-order valence-corrected chi connectivity index (χ0v) is 12.8. The van der Waals surface area contributed by atoms with Gasteiger partial charge >= 0.3 is 5.97 Å². The van der Waals surface area contributed by atoms with Gasteiger partial charge < -0.3 is 10.4 Å². The molecule has 6 nitrogen and oxygen atoms in total. The molecule has 1 amide bonds. The Balaban J connectivity index is 2.00. The summed E-state index contributed by atoms with van der Waals surface area (Å²) in [7, 11) is 0. The van der Waals surface area contributed by atoms with Crippen LogP contribution in [-0.2, 0) is 4.79 Å². The van der Waals surface area contributed by atoms with Gasteiger partial charge in [0.2, 0.25) is 0 Å². The molecule has 0 saturated heterocycles. The molecule has 21 heavy (non-hydrogen) atoms. The smallest absolute Gasteiger partial charge is 0.306 e. The zero-order valence-electron chi connectivity index (χ0n) is 12.8. The number of amides is 1. The van der Waals surface area contributed by atoms with Gasteiger partial charge in [0.25, 0.3) is 5.91 Å². The van der Waals surface area contributed by atoms with E-state index in [2.05, 4.69) is 15.5 Å². The van der Waals surface area contributed by atoms with Gasteiger partial charge in [0.05, 0.1) is 17.2 Å². The summed E-state index contributed by atoms with van der Waals surface area (Å²) < 4.78 is 0. The predicted molar refractivity (Wildman–Crippen MR) is 78.3 cm³/mol. The molecule has 1 aromatic heterocycles. The number of aromatic nitrogens is 2. The highest BCUT2D eigenvalue weighted by Crippen LogP contribution is 2.25. The van der Waals surface area contributed by atoms with Gasteiger partial charge in [0, 0.05) is 11.7 Å². The number of nitrogens with zero attached hydrogens (tertiary/aromatic N) is 1.